The molecular formula is C6H15NO. The van der Waals surface area contributed by atoms with Crippen LogP contribution in [-0.4, -0.2) is 18.8 Å². The topological polar surface area (TPSA) is 35.2 Å². The SMILES string of the molecule is CC(C)(C)OCCN. The van der Waals surface area contributed by atoms with E-state index in [2.05, 4.69) is 0 Å². The summed E-state index contributed by atoms with van der Waals surface area (Å²) in [6, 6.07) is 0. The Kier molecular flexibility index (Phi) is 3.02. The standard InChI is InChI=1S/C6H15NO/c1-6(2,3)8-5-4-7/h4-5,7H2,1-3H3. The average Bonchev–Trinajstić information content (AvgIpc) is 1.59. The number of hydrogen-bond acceptors (Lipinski definition) is 2. The maximum Gasteiger partial charge on any atom is 0.0599 e. The van der Waals surface area contributed by atoms with Crippen LogP contribution in [0.15, 0.2) is 0 Å². The molecule has 0 aromatic heterocycles. The van der Waals surface area contributed by atoms with Gasteiger partial charge in [0.25, 0.3) is 0 Å². The van der Waals surface area contributed by atoms with Crippen LogP contribution in [0.5, 0.6) is 0 Å². The molecule has 0 saturated heterocycles. The summed E-state index contributed by atoms with van der Waals surface area (Å²) < 4.78 is 5.25. The van der Waals surface area contributed by atoms with E-state index in [0.29, 0.717) is 13.2 Å². The van der Waals surface area contributed by atoms with E-state index in [1.54, 1.807) is 0 Å². The van der Waals surface area contributed by atoms with Gasteiger partial charge < -0.3 is 10.5 Å². The molecular weight excluding hydrogens is 102 g/mol. The zero-order chi connectivity index (χ0) is 6.62. The summed E-state index contributed by atoms with van der Waals surface area (Å²) in [5.74, 6) is 0. The van der Waals surface area contributed by atoms with Crippen LogP contribution in [-0.2, 0) is 4.74 Å². The van der Waals surface area contributed by atoms with Crippen molar-refractivity contribution in [2.24, 2.45) is 5.73 Å². The van der Waals surface area contributed by atoms with Gasteiger partial charge in [0.15, 0.2) is 0 Å². The molecule has 0 radical (unpaired) electrons. The highest BCUT2D eigenvalue weighted by molar-refractivity contribution is 4.57. The molecule has 0 amide bonds. The molecule has 0 aliphatic carbocycles. The van der Waals surface area contributed by atoms with Crippen molar-refractivity contribution in [2.75, 3.05) is 13.2 Å². The molecule has 0 rings (SSSR count). The molecule has 0 atom stereocenters. The van der Waals surface area contributed by atoms with Gasteiger partial charge in [0, 0.05) is 6.54 Å². The van der Waals surface area contributed by atoms with E-state index in [9.17, 15) is 0 Å². The molecule has 50 valence electrons. The molecule has 0 unspecified atom stereocenters. The Labute approximate surface area is 51.0 Å². The normalized spacial score (nSPS) is 12.0. The zero-order valence-electron chi connectivity index (χ0n) is 5.90. The third kappa shape index (κ3) is 5.92. The monoisotopic (exact) mass is 117 g/mol. The second kappa shape index (κ2) is 3.05. The van der Waals surface area contributed by atoms with Crippen LogP contribution in [0.1, 0.15) is 20.8 Å². The van der Waals surface area contributed by atoms with Gasteiger partial charge in [0.1, 0.15) is 0 Å². The van der Waals surface area contributed by atoms with Gasteiger partial charge >= 0.3 is 0 Å². The highest BCUT2D eigenvalue weighted by Gasteiger charge is 2.07. The molecule has 2 nitrogen and oxygen atoms in total. The first-order valence-electron chi connectivity index (χ1n) is 2.90. The number of rotatable bonds is 2. The fourth-order valence-corrected chi connectivity index (χ4v) is 0.365. The lowest BCUT2D eigenvalue weighted by molar-refractivity contribution is 0.00195. The van der Waals surface area contributed by atoms with E-state index >= 15 is 0 Å². The minimum absolute atomic E-state index is 0.0284. The number of hydrogen-bond donors (Lipinski definition) is 1. The Hall–Kier alpha value is -0.0800. The Balaban J connectivity index is 3.11. The minimum Gasteiger partial charge on any atom is -0.375 e. The molecule has 0 aliphatic heterocycles. The average molecular weight is 117 g/mol. The van der Waals surface area contributed by atoms with Crippen LogP contribution in [0.25, 0.3) is 0 Å². The Morgan fingerprint density at radius 1 is 1.38 bits per heavy atom. The van der Waals surface area contributed by atoms with Crippen LogP contribution >= 0.6 is 0 Å². The lowest BCUT2D eigenvalue weighted by atomic mass is 10.2. The highest BCUT2D eigenvalue weighted by atomic mass is 16.5. The molecule has 0 heterocycles. The van der Waals surface area contributed by atoms with Crippen LogP contribution in [0, 0.1) is 0 Å². The Morgan fingerprint density at radius 3 is 2.00 bits per heavy atom. The van der Waals surface area contributed by atoms with Gasteiger partial charge in [-0.15, -0.1) is 0 Å². The Bertz CT molecular complexity index is 56.0. The van der Waals surface area contributed by atoms with Crippen molar-refractivity contribution in [1.29, 1.82) is 0 Å². The third-order valence-electron chi connectivity index (χ3n) is 0.653. The molecule has 0 aromatic carbocycles. The van der Waals surface area contributed by atoms with Crippen LogP contribution < -0.4 is 5.73 Å². The van der Waals surface area contributed by atoms with Crippen molar-refractivity contribution >= 4 is 0 Å². The molecule has 2 heteroatoms. The van der Waals surface area contributed by atoms with Crippen molar-refractivity contribution < 1.29 is 4.74 Å². The molecule has 8 heavy (non-hydrogen) atoms. The first-order valence-corrected chi connectivity index (χ1v) is 2.90. The lowest BCUT2D eigenvalue weighted by Gasteiger charge is -2.18. The summed E-state index contributed by atoms with van der Waals surface area (Å²) in [5.41, 5.74) is 5.18. The van der Waals surface area contributed by atoms with E-state index in [1.807, 2.05) is 20.8 Å². The maximum atomic E-state index is 5.25. The van der Waals surface area contributed by atoms with Crippen LogP contribution in [0.3, 0.4) is 0 Å². The van der Waals surface area contributed by atoms with Gasteiger partial charge in [0.2, 0.25) is 0 Å². The highest BCUT2D eigenvalue weighted by Crippen LogP contribution is 2.04. The summed E-state index contributed by atoms with van der Waals surface area (Å²) in [6.45, 7) is 7.31. The third-order valence-corrected chi connectivity index (χ3v) is 0.653. The van der Waals surface area contributed by atoms with Gasteiger partial charge in [-0.05, 0) is 20.8 Å². The van der Waals surface area contributed by atoms with Crippen molar-refractivity contribution in [3.63, 3.8) is 0 Å². The summed E-state index contributed by atoms with van der Waals surface area (Å²) >= 11 is 0. The molecule has 0 aliphatic rings. The quantitative estimate of drug-likeness (QED) is 0.579. The van der Waals surface area contributed by atoms with Gasteiger partial charge in [-0.25, -0.2) is 0 Å². The van der Waals surface area contributed by atoms with Gasteiger partial charge in [0.05, 0.1) is 12.2 Å². The van der Waals surface area contributed by atoms with Gasteiger partial charge in [-0.1, -0.05) is 0 Å². The molecule has 0 aromatic rings. The second-order valence-electron chi connectivity index (χ2n) is 2.75. The summed E-state index contributed by atoms with van der Waals surface area (Å²) in [6.07, 6.45) is 0. The van der Waals surface area contributed by atoms with Crippen molar-refractivity contribution in [1.82, 2.24) is 0 Å². The van der Waals surface area contributed by atoms with E-state index < -0.39 is 0 Å². The first-order chi connectivity index (χ1) is 3.56. The lowest BCUT2D eigenvalue weighted by Crippen LogP contribution is -2.23. The van der Waals surface area contributed by atoms with Crippen LogP contribution in [0.2, 0.25) is 0 Å². The molecule has 2 N–H and O–H groups in total. The van der Waals surface area contributed by atoms with Crippen molar-refractivity contribution in [3.05, 3.63) is 0 Å². The minimum atomic E-state index is -0.0284. The maximum absolute atomic E-state index is 5.25. The van der Waals surface area contributed by atoms with Gasteiger partial charge in [-0.2, -0.15) is 0 Å². The van der Waals surface area contributed by atoms with E-state index in [-0.39, 0.29) is 5.60 Å². The number of ether oxygens (including phenoxy) is 1. The Morgan fingerprint density at radius 2 is 1.88 bits per heavy atom. The number of nitrogens with two attached hydrogens (primary N) is 1. The fraction of sp³-hybridized carbons (Fsp3) is 1.00. The fourth-order valence-electron chi connectivity index (χ4n) is 0.365. The summed E-state index contributed by atoms with van der Waals surface area (Å²) in [7, 11) is 0. The predicted octanol–water partition coefficient (Wildman–Crippen LogP) is 0.760. The summed E-state index contributed by atoms with van der Waals surface area (Å²) in [5, 5.41) is 0. The smallest absolute Gasteiger partial charge is 0.0599 e. The molecule has 0 bridgehead atoms. The van der Waals surface area contributed by atoms with Crippen LogP contribution in [0.4, 0.5) is 0 Å². The summed E-state index contributed by atoms with van der Waals surface area (Å²) in [4.78, 5) is 0. The van der Waals surface area contributed by atoms with E-state index in [0.717, 1.165) is 0 Å². The van der Waals surface area contributed by atoms with E-state index in [4.69, 9.17) is 10.5 Å². The molecule has 0 spiro atoms. The van der Waals surface area contributed by atoms with E-state index in [1.165, 1.54) is 0 Å². The van der Waals surface area contributed by atoms with Crippen molar-refractivity contribution in [3.8, 4) is 0 Å². The largest absolute Gasteiger partial charge is 0.375 e. The molecule has 0 fully saturated rings. The van der Waals surface area contributed by atoms with Crippen molar-refractivity contribution in [2.45, 2.75) is 26.4 Å². The predicted molar refractivity (Wildman–Crippen MR) is 34.8 cm³/mol. The second-order valence-corrected chi connectivity index (χ2v) is 2.75. The van der Waals surface area contributed by atoms with Gasteiger partial charge in [-0.3, -0.25) is 0 Å². The molecule has 0 saturated carbocycles. The first kappa shape index (κ1) is 7.92. The zero-order valence-corrected chi connectivity index (χ0v) is 5.90.